The van der Waals surface area contributed by atoms with Crippen LogP contribution in [0.5, 0.6) is 0 Å². The van der Waals surface area contributed by atoms with Gasteiger partial charge < -0.3 is 11.2 Å². The lowest BCUT2D eigenvalue weighted by Crippen LogP contribution is -2.33. The molecule has 130 valence electrons. The van der Waals surface area contributed by atoms with E-state index >= 15 is 0 Å². The fourth-order valence-corrected chi connectivity index (χ4v) is 3.22. The molecule has 0 aliphatic carbocycles. The zero-order chi connectivity index (χ0) is 17.7. The van der Waals surface area contributed by atoms with Crippen LogP contribution in [0.3, 0.4) is 0 Å². The maximum Gasteiger partial charge on any atom is 0.230 e. The van der Waals surface area contributed by atoms with Gasteiger partial charge in [-0.25, -0.2) is 4.68 Å². The lowest BCUT2D eigenvalue weighted by atomic mass is 10.2. The van der Waals surface area contributed by atoms with Crippen molar-refractivity contribution in [3.8, 4) is 11.4 Å². The van der Waals surface area contributed by atoms with Gasteiger partial charge in [0.15, 0.2) is 5.82 Å². The van der Waals surface area contributed by atoms with E-state index in [1.807, 2.05) is 6.92 Å². The minimum Gasteiger partial charge on any atom is -0.353 e. The first-order valence-electron chi connectivity index (χ1n) is 7.50. The first kappa shape index (κ1) is 18.9. The summed E-state index contributed by atoms with van der Waals surface area (Å²) in [5.74, 6) is 6.57. The van der Waals surface area contributed by atoms with Gasteiger partial charge in [0.25, 0.3) is 0 Å². The third-order valence-corrected chi connectivity index (χ3v) is 4.80. The standard InChI is InChI=1S/C15H19Cl2N5OS/c1-3-4-9(2)19-13(23)8-24-15-21-20-14(22(15)18)11-7-10(16)5-6-12(11)17/h5-7,9H,3-4,8,18H2,1-2H3,(H,19,23). The van der Waals surface area contributed by atoms with Crippen LogP contribution >= 0.6 is 35.0 Å². The van der Waals surface area contributed by atoms with Crippen LogP contribution in [-0.4, -0.2) is 32.6 Å². The minimum atomic E-state index is -0.0636. The number of hydrogen-bond donors (Lipinski definition) is 2. The van der Waals surface area contributed by atoms with Gasteiger partial charge in [0.05, 0.1) is 10.8 Å². The van der Waals surface area contributed by atoms with Crippen molar-refractivity contribution in [3.63, 3.8) is 0 Å². The quantitative estimate of drug-likeness (QED) is 0.561. The van der Waals surface area contributed by atoms with E-state index in [1.54, 1.807) is 18.2 Å². The third kappa shape index (κ3) is 4.78. The van der Waals surface area contributed by atoms with E-state index in [4.69, 9.17) is 29.0 Å². The molecular weight excluding hydrogens is 369 g/mol. The van der Waals surface area contributed by atoms with Gasteiger partial charge >= 0.3 is 0 Å². The number of carbonyl (C=O) groups excluding carboxylic acids is 1. The van der Waals surface area contributed by atoms with Crippen LogP contribution < -0.4 is 11.2 Å². The Kier molecular flexibility index (Phi) is 6.77. The molecule has 0 aliphatic heterocycles. The molecule has 0 saturated carbocycles. The lowest BCUT2D eigenvalue weighted by Gasteiger charge is -2.12. The average Bonchev–Trinajstić information content (AvgIpc) is 2.89. The Labute approximate surface area is 155 Å². The summed E-state index contributed by atoms with van der Waals surface area (Å²) in [4.78, 5) is 11.9. The molecule has 6 nitrogen and oxygen atoms in total. The van der Waals surface area contributed by atoms with Crippen molar-refractivity contribution in [3.05, 3.63) is 28.2 Å². The smallest absolute Gasteiger partial charge is 0.230 e. The number of benzene rings is 1. The van der Waals surface area contributed by atoms with E-state index < -0.39 is 0 Å². The molecule has 1 amide bonds. The molecule has 0 bridgehead atoms. The van der Waals surface area contributed by atoms with Crippen LogP contribution in [0.25, 0.3) is 11.4 Å². The van der Waals surface area contributed by atoms with Crippen LogP contribution in [0.1, 0.15) is 26.7 Å². The Balaban J connectivity index is 2.05. The van der Waals surface area contributed by atoms with E-state index in [0.717, 1.165) is 12.8 Å². The number of hydrogen-bond acceptors (Lipinski definition) is 5. The molecule has 0 radical (unpaired) electrons. The predicted molar refractivity (Wildman–Crippen MR) is 98.9 cm³/mol. The number of nitrogen functional groups attached to an aromatic ring is 1. The van der Waals surface area contributed by atoms with Gasteiger partial charge in [-0.2, -0.15) is 0 Å². The molecule has 2 rings (SSSR count). The highest BCUT2D eigenvalue weighted by molar-refractivity contribution is 7.99. The Morgan fingerprint density at radius 1 is 1.42 bits per heavy atom. The maximum atomic E-state index is 11.9. The van der Waals surface area contributed by atoms with Crippen LogP contribution in [0.4, 0.5) is 0 Å². The average molecular weight is 388 g/mol. The van der Waals surface area contributed by atoms with Crippen molar-refractivity contribution >= 4 is 40.9 Å². The molecule has 0 spiro atoms. The van der Waals surface area contributed by atoms with Crippen LogP contribution in [0.2, 0.25) is 10.0 Å². The fraction of sp³-hybridized carbons (Fsp3) is 0.400. The number of nitrogens with two attached hydrogens (primary N) is 1. The topological polar surface area (TPSA) is 85.8 Å². The number of amides is 1. The highest BCUT2D eigenvalue weighted by atomic mass is 35.5. The van der Waals surface area contributed by atoms with Gasteiger partial charge in [0.1, 0.15) is 0 Å². The largest absolute Gasteiger partial charge is 0.353 e. The summed E-state index contributed by atoms with van der Waals surface area (Å²) in [6, 6.07) is 5.18. The molecule has 1 aromatic carbocycles. The van der Waals surface area contributed by atoms with E-state index in [-0.39, 0.29) is 17.7 Å². The zero-order valence-corrected chi connectivity index (χ0v) is 15.8. The summed E-state index contributed by atoms with van der Waals surface area (Å²) in [5, 5.41) is 12.4. The molecule has 9 heteroatoms. The molecule has 1 heterocycles. The second-order valence-electron chi connectivity index (χ2n) is 5.35. The monoisotopic (exact) mass is 387 g/mol. The van der Waals surface area contributed by atoms with Crippen molar-refractivity contribution in [2.24, 2.45) is 0 Å². The van der Waals surface area contributed by atoms with Gasteiger partial charge in [-0.05, 0) is 31.5 Å². The third-order valence-electron chi connectivity index (χ3n) is 3.30. The number of thioether (sulfide) groups is 1. The Hall–Kier alpha value is -1.44. The second-order valence-corrected chi connectivity index (χ2v) is 7.13. The van der Waals surface area contributed by atoms with E-state index in [0.29, 0.717) is 26.6 Å². The van der Waals surface area contributed by atoms with E-state index in [1.165, 1.54) is 16.4 Å². The van der Waals surface area contributed by atoms with E-state index in [9.17, 15) is 4.79 Å². The normalized spacial score (nSPS) is 12.2. The lowest BCUT2D eigenvalue weighted by molar-refractivity contribution is -0.119. The van der Waals surface area contributed by atoms with Crippen molar-refractivity contribution in [1.29, 1.82) is 0 Å². The summed E-state index contributed by atoms with van der Waals surface area (Å²) >= 11 is 13.4. The van der Waals surface area contributed by atoms with Gasteiger partial charge in [-0.3, -0.25) is 4.79 Å². The molecule has 24 heavy (non-hydrogen) atoms. The van der Waals surface area contributed by atoms with Gasteiger partial charge in [0, 0.05) is 16.6 Å². The molecule has 0 aliphatic rings. The first-order chi connectivity index (χ1) is 11.4. The van der Waals surface area contributed by atoms with E-state index in [2.05, 4.69) is 22.4 Å². The molecular formula is C15H19Cl2N5OS. The van der Waals surface area contributed by atoms with Gasteiger partial charge in [-0.15, -0.1) is 10.2 Å². The summed E-state index contributed by atoms with van der Waals surface area (Å²) in [6.45, 7) is 4.06. The minimum absolute atomic E-state index is 0.0636. The van der Waals surface area contributed by atoms with Crippen molar-refractivity contribution in [1.82, 2.24) is 20.2 Å². The van der Waals surface area contributed by atoms with Gasteiger partial charge in [-0.1, -0.05) is 48.3 Å². The number of rotatable bonds is 7. The fourth-order valence-electron chi connectivity index (χ4n) is 2.18. The molecule has 0 saturated heterocycles. The number of aromatic nitrogens is 3. The van der Waals surface area contributed by atoms with Gasteiger partial charge in [0.2, 0.25) is 11.1 Å². The van der Waals surface area contributed by atoms with Crippen molar-refractivity contribution in [2.75, 3.05) is 11.6 Å². The highest BCUT2D eigenvalue weighted by Gasteiger charge is 2.16. The summed E-state index contributed by atoms with van der Waals surface area (Å²) in [5.41, 5.74) is 0.590. The Morgan fingerprint density at radius 3 is 2.88 bits per heavy atom. The first-order valence-corrected chi connectivity index (χ1v) is 9.24. The summed E-state index contributed by atoms with van der Waals surface area (Å²) < 4.78 is 1.31. The SMILES string of the molecule is CCCC(C)NC(=O)CSc1nnc(-c2cc(Cl)ccc2Cl)n1N. The van der Waals surface area contributed by atoms with Crippen molar-refractivity contribution in [2.45, 2.75) is 37.9 Å². The Morgan fingerprint density at radius 2 is 2.17 bits per heavy atom. The number of carbonyl (C=O) groups is 1. The van der Waals surface area contributed by atoms with Crippen LogP contribution in [-0.2, 0) is 4.79 Å². The molecule has 0 fully saturated rings. The van der Waals surface area contributed by atoms with Crippen LogP contribution in [0, 0.1) is 0 Å². The number of nitrogens with zero attached hydrogens (tertiary/aromatic N) is 3. The van der Waals surface area contributed by atoms with Crippen molar-refractivity contribution < 1.29 is 4.79 Å². The van der Waals surface area contributed by atoms with Crippen LogP contribution in [0.15, 0.2) is 23.4 Å². The molecule has 1 unspecified atom stereocenters. The highest BCUT2D eigenvalue weighted by Crippen LogP contribution is 2.30. The number of nitrogens with one attached hydrogen (secondary N) is 1. The molecule has 3 N–H and O–H groups in total. The second kappa shape index (κ2) is 8.60. The molecule has 1 atom stereocenters. The molecule has 1 aromatic heterocycles. The predicted octanol–water partition coefficient (Wildman–Crippen LogP) is 3.36. The summed E-state index contributed by atoms with van der Waals surface area (Å²) in [6.07, 6.45) is 1.97. The molecule has 2 aromatic rings. The summed E-state index contributed by atoms with van der Waals surface area (Å²) in [7, 11) is 0. The number of halogens is 2. The Bertz CT molecular complexity index is 722. The zero-order valence-electron chi connectivity index (χ0n) is 13.4. The maximum absolute atomic E-state index is 11.9.